The molecule has 0 saturated heterocycles. The van der Waals surface area contributed by atoms with E-state index in [1.54, 1.807) is 0 Å². The van der Waals surface area contributed by atoms with E-state index < -0.39 is 49.5 Å². The van der Waals surface area contributed by atoms with Crippen molar-refractivity contribution in [2.24, 2.45) is 0 Å². The lowest BCUT2D eigenvalue weighted by Gasteiger charge is -2.27. The van der Waals surface area contributed by atoms with E-state index in [0.717, 1.165) is 22.3 Å². The van der Waals surface area contributed by atoms with Crippen LogP contribution in [0.4, 0.5) is 0 Å². The van der Waals surface area contributed by atoms with Crippen molar-refractivity contribution in [2.75, 3.05) is 72.1 Å². The summed E-state index contributed by atoms with van der Waals surface area (Å²) in [6, 6.07) is 15.6. The second kappa shape index (κ2) is 19.8. The van der Waals surface area contributed by atoms with Crippen LogP contribution in [0.25, 0.3) is 0 Å². The molecular weight excluding hydrogens is 586 g/mol. The molecular formula is C32H43N3O10. The second-order valence-corrected chi connectivity index (χ2v) is 10.8. The summed E-state index contributed by atoms with van der Waals surface area (Å²) >= 11 is 0. The molecule has 0 bridgehead atoms. The number of carboxylic acids is 3. The Bertz CT molecular complexity index is 1160. The molecule has 3 N–H and O–H groups in total. The van der Waals surface area contributed by atoms with E-state index in [2.05, 4.69) is 0 Å². The lowest BCUT2D eigenvalue weighted by Crippen LogP contribution is -2.45. The molecule has 0 spiro atoms. The summed E-state index contributed by atoms with van der Waals surface area (Å²) in [5.74, 6) is -4.69. The van der Waals surface area contributed by atoms with Gasteiger partial charge in [-0.1, -0.05) is 59.7 Å². The first-order chi connectivity index (χ1) is 21.4. The monoisotopic (exact) mass is 629 g/mol. The molecule has 0 aliphatic carbocycles. The van der Waals surface area contributed by atoms with Crippen LogP contribution in [0.1, 0.15) is 22.3 Å². The maximum atomic E-state index is 12.4. The van der Waals surface area contributed by atoms with Gasteiger partial charge in [0, 0.05) is 39.0 Å². The molecule has 246 valence electrons. The number of carbonyl (C=O) groups excluding carboxylic acids is 2. The molecule has 0 saturated carbocycles. The molecule has 45 heavy (non-hydrogen) atoms. The van der Waals surface area contributed by atoms with Crippen LogP contribution in [-0.4, -0.2) is 132 Å². The number of carbonyl (C=O) groups is 5. The summed E-state index contributed by atoms with van der Waals surface area (Å²) in [5.41, 5.74) is 4.21. The van der Waals surface area contributed by atoms with Gasteiger partial charge >= 0.3 is 29.8 Å². The highest BCUT2D eigenvalue weighted by molar-refractivity contribution is 5.74. The van der Waals surface area contributed by atoms with E-state index in [-0.39, 0.29) is 52.5 Å². The zero-order valence-corrected chi connectivity index (χ0v) is 25.9. The molecule has 2 rings (SSSR count). The third-order valence-electron chi connectivity index (χ3n) is 6.80. The average molecular weight is 630 g/mol. The number of hydrogen-bond acceptors (Lipinski definition) is 10. The Morgan fingerprint density at radius 1 is 0.511 bits per heavy atom. The number of aliphatic carboxylic acids is 3. The Kier molecular flexibility index (Phi) is 16.3. The summed E-state index contributed by atoms with van der Waals surface area (Å²) < 4.78 is 10.6. The van der Waals surface area contributed by atoms with Gasteiger partial charge in [-0.25, -0.2) is 0 Å². The van der Waals surface area contributed by atoms with Crippen molar-refractivity contribution in [3.63, 3.8) is 0 Å². The zero-order chi connectivity index (χ0) is 33.2. The minimum atomic E-state index is -1.17. The molecule has 0 aliphatic heterocycles. The predicted molar refractivity (Wildman–Crippen MR) is 164 cm³/mol. The lowest BCUT2D eigenvalue weighted by molar-refractivity contribution is -0.147. The number of aryl methyl sites for hydroxylation is 2. The molecule has 0 fully saturated rings. The molecule has 13 heteroatoms. The molecule has 0 aliphatic rings. The van der Waals surface area contributed by atoms with Crippen molar-refractivity contribution in [3.05, 3.63) is 70.8 Å². The summed E-state index contributed by atoms with van der Waals surface area (Å²) in [6.07, 6.45) is 1.01. The molecule has 2 aromatic carbocycles. The lowest BCUT2D eigenvalue weighted by atomic mass is 10.1. The molecule has 0 unspecified atom stereocenters. The van der Waals surface area contributed by atoms with Gasteiger partial charge in [0.2, 0.25) is 0 Å². The third kappa shape index (κ3) is 16.9. The molecule has 0 heterocycles. The number of benzene rings is 2. The molecule has 0 radical (unpaired) electrons. The van der Waals surface area contributed by atoms with Crippen LogP contribution < -0.4 is 0 Å². The quantitative estimate of drug-likeness (QED) is 0.159. The highest BCUT2D eigenvalue weighted by atomic mass is 16.5. The van der Waals surface area contributed by atoms with Crippen LogP contribution in [0.15, 0.2) is 48.5 Å². The molecule has 2 aromatic rings. The Balaban J connectivity index is 1.88. The fraction of sp³-hybridized carbons (Fsp3) is 0.469. The molecule has 0 amide bonds. The van der Waals surface area contributed by atoms with Crippen molar-refractivity contribution in [1.29, 1.82) is 0 Å². The maximum Gasteiger partial charge on any atom is 0.320 e. The van der Waals surface area contributed by atoms with E-state index in [1.807, 2.05) is 62.4 Å². The fourth-order valence-corrected chi connectivity index (χ4v) is 4.37. The standard InChI is InChI=1S/C32H43N3O10/c1-24-3-7-26(8-4-24)11-17-44-31(42)22-34(20-29(38)39)15-13-33(19-28(36)37)14-16-35(21-30(40)41)23-32(43)45-18-12-27-9-5-25(2)6-10-27/h3-10H,11-23H2,1-2H3,(H,36,37)(H,38,39)(H,40,41). The average Bonchev–Trinajstić information content (AvgIpc) is 2.95. The van der Waals surface area contributed by atoms with E-state index in [9.17, 15) is 39.3 Å². The van der Waals surface area contributed by atoms with E-state index >= 15 is 0 Å². The first-order valence-electron chi connectivity index (χ1n) is 14.6. The topological polar surface area (TPSA) is 174 Å². The highest BCUT2D eigenvalue weighted by Gasteiger charge is 2.20. The van der Waals surface area contributed by atoms with Crippen LogP contribution in [0.2, 0.25) is 0 Å². The highest BCUT2D eigenvalue weighted by Crippen LogP contribution is 2.06. The van der Waals surface area contributed by atoms with Gasteiger partial charge in [0.05, 0.1) is 45.9 Å². The largest absolute Gasteiger partial charge is 0.480 e. The summed E-state index contributed by atoms with van der Waals surface area (Å²) in [6.45, 7) is 2.44. The predicted octanol–water partition coefficient (Wildman–Crippen LogP) is 1.33. The van der Waals surface area contributed by atoms with Gasteiger partial charge < -0.3 is 24.8 Å². The Morgan fingerprint density at radius 2 is 0.822 bits per heavy atom. The summed E-state index contributed by atoms with van der Waals surface area (Å²) in [7, 11) is 0. The van der Waals surface area contributed by atoms with Gasteiger partial charge in [0.25, 0.3) is 0 Å². The number of hydrogen-bond donors (Lipinski definition) is 3. The van der Waals surface area contributed by atoms with Crippen LogP contribution in [0, 0.1) is 13.8 Å². The molecule has 13 nitrogen and oxygen atoms in total. The van der Waals surface area contributed by atoms with Gasteiger partial charge in [-0.15, -0.1) is 0 Å². The second-order valence-electron chi connectivity index (χ2n) is 10.8. The summed E-state index contributed by atoms with van der Waals surface area (Å²) in [5, 5.41) is 28.1. The molecule has 0 atom stereocenters. The van der Waals surface area contributed by atoms with Crippen LogP contribution in [0.3, 0.4) is 0 Å². The number of nitrogens with zero attached hydrogens (tertiary/aromatic N) is 3. The molecule has 0 aromatic heterocycles. The van der Waals surface area contributed by atoms with Gasteiger partial charge in [-0.05, 0) is 25.0 Å². The van der Waals surface area contributed by atoms with E-state index in [1.165, 1.54) is 14.7 Å². The minimum absolute atomic E-state index is 0.0344. The smallest absolute Gasteiger partial charge is 0.320 e. The zero-order valence-electron chi connectivity index (χ0n) is 25.9. The Hall–Kier alpha value is -4.33. The van der Waals surface area contributed by atoms with E-state index in [4.69, 9.17) is 9.47 Å². The van der Waals surface area contributed by atoms with Crippen molar-refractivity contribution >= 4 is 29.8 Å². The Labute approximate surface area is 262 Å². The Morgan fingerprint density at radius 3 is 1.16 bits per heavy atom. The van der Waals surface area contributed by atoms with Gasteiger partial charge in [0.15, 0.2) is 0 Å². The van der Waals surface area contributed by atoms with Gasteiger partial charge in [-0.2, -0.15) is 0 Å². The number of ether oxygens (including phenoxy) is 2. The third-order valence-corrected chi connectivity index (χ3v) is 6.80. The minimum Gasteiger partial charge on any atom is -0.480 e. The maximum absolute atomic E-state index is 12.4. The van der Waals surface area contributed by atoms with E-state index in [0.29, 0.717) is 12.8 Å². The van der Waals surface area contributed by atoms with Crippen molar-refractivity contribution < 1.29 is 48.8 Å². The number of rotatable bonds is 22. The van der Waals surface area contributed by atoms with Crippen molar-refractivity contribution in [3.8, 4) is 0 Å². The first-order valence-corrected chi connectivity index (χ1v) is 14.6. The van der Waals surface area contributed by atoms with Crippen molar-refractivity contribution in [2.45, 2.75) is 26.7 Å². The van der Waals surface area contributed by atoms with Crippen LogP contribution in [0.5, 0.6) is 0 Å². The normalized spacial score (nSPS) is 11.1. The van der Waals surface area contributed by atoms with Crippen LogP contribution >= 0.6 is 0 Å². The number of carboxylic acid groups (broad SMARTS) is 3. The van der Waals surface area contributed by atoms with Gasteiger partial charge in [0.1, 0.15) is 0 Å². The summed E-state index contributed by atoms with van der Waals surface area (Å²) in [4.78, 5) is 63.4. The van der Waals surface area contributed by atoms with Gasteiger partial charge in [-0.3, -0.25) is 38.7 Å². The fourth-order valence-electron chi connectivity index (χ4n) is 4.37. The SMILES string of the molecule is Cc1ccc(CCOC(=O)CN(CCN(CCN(CC(=O)O)CC(=O)OCCc2ccc(C)cc2)CC(=O)O)CC(=O)O)cc1. The number of esters is 2. The first kappa shape index (κ1) is 36.9. The van der Waals surface area contributed by atoms with Crippen LogP contribution in [-0.2, 0) is 46.3 Å². The van der Waals surface area contributed by atoms with Crippen molar-refractivity contribution in [1.82, 2.24) is 14.7 Å².